The highest BCUT2D eigenvalue weighted by atomic mass is 19.1. The lowest BCUT2D eigenvalue weighted by molar-refractivity contribution is -0.119. The van der Waals surface area contributed by atoms with E-state index in [1.54, 1.807) is 24.1 Å². The van der Waals surface area contributed by atoms with Crippen LogP contribution in [0.15, 0.2) is 24.3 Å². The number of benzene rings is 1. The first-order valence-corrected chi connectivity index (χ1v) is 6.13. The molecule has 19 heavy (non-hydrogen) atoms. The fraction of sp³-hybridized carbons (Fsp3) is 0.500. The lowest BCUT2D eigenvalue weighted by Gasteiger charge is -2.19. The zero-order chi connectivity index (χ0) is 14.3. The van der Waals surface area contributed by atoms with Gasteiger partial charge in [0.05, 0.1) is 19.3 Å². The topological polar surface area (TPSA) is 49.8 Å². The van der Waals surface area contributed by atoms with Crippen LogP contribution in [-0.2, 0) is 16.0 Å². The van der Waals surface area contributed by atoms with Crippen LogP contribution in [0.5, 0.6) is 0 Å². The highest BCUT2D eigenvalue weighted by molar-refractivity contribution is 5.82. The second-order valence-electron chi connectivity index (χ2n) is 4.65. The van der Waals surface area contributed by atoms with Crippen molar-refractivity contribution in [2.45, 2.75) is 12.5 Å². The van der Waals surface area contributed by atoms with Crippen LogP contribution in [0.1, 0.15) is 5.56 Å². The second-order valence-corrected chi connectivity index (χ2v) is 4.65. The molecule has 0 fully saturated rings. The number of Topliss-reactive ketones (excluding diaryl/α,β-unsaturated/α-hetero) is 1. The van der Waals surface area contributed by atoms with Crippen LogP contribution >= 0.6 is 0 Å². The molecule has 0 aliphatic carbocycles. The fourth-order valence-corrected chi connectivity index (χ4v) is 1.86. The number of aliphatic hydroxyl groups excluding tert-OH is 1. The third-order valence-corrected chi connectivity index (χ3v) is 2.64. The van der Waals surface area contributed by atoms with Gasteiger partial charge in [-0.1, -0.05) is 12.1 Å². The van der Waals surface area contributed by atoms with Gasteiger partial charge in [0, 0.05) is 20.1 Å². The van der Waals surface area contributed by atoms with Gasteiger partial charge in [-0.2, -0.15) is 0 Å². The summed E-state index contributed by atoms with van der Waals surface area (Å²) in [6.45, 7) is 0.873. The number of rotatable bonds is 8. The minimum Gasteiger partial charge on any atom is -0.389 e. The molecule has 4 nitrogen and oxygen atoms in total. The van der Waals surface area contributed by atoms with Gasteiger partial charge < -0.3 is 9.84 Å². The lowest BCUT2D eigenvalue weighted by atomic mass is 10.1. The second kappa shape index (κ2) is 7.99. The van der Waals surface area contributed by atoms with Crippen molar-refractivity contribution in [3.05, 3.63) is 35.6 Å². The Kier molecular flexibility index (Phi) is 6.62. The molecule has 1 N–H and O–H groups in total. The van der Waals surface area contributed by atoms with Gasteiger partial charge in [0.25, 0.3) is 0 Å². The van der Waals surface area contributed by atoms with Crippen molar-refractivity contribution in [2.75, 3.05) is 33.9 Å². The normalized spacial score (nSPS) is 12.7. The number of nitrogens with zero attached hydrogens (tertiary/aromatic N) is 1. The number of ether oxygens (including phenoxy) is 1. The maximum Gasteiger partial charge on any atom is 0.151 e. The lowest BCUT2D eigenvalue weighted by Crippen LogP contribution is -2.35. The number of hydrogen-bond acceptors (Lipinski definition) is 4. The Morgan fingerprint density at radius 2 is 2.05 bits per heavy atom. The molecule has 0 saturated carbocycles. The summed E-state index contributed by atoms with van der Waals surface area (Å²) in [5.74, 6) is -0.283. The van der Waals surface area contributed by atoms with Crippen LogP contribution in [0, 0.1) is 5.82 Å². The number of methoxy groups -OCH3 is 1. The number of likely N-dealkylation sites (N-methyl/N-ethyl adjacent to an activating group) is 1. The number of halogens is 1. The van der Waals surface area contributed by atoms with Crippen molar-refractivity contribution in [3.63, 3.8) is 0 Å². The summed E-state index contributed by atoms with van der Waals surface area (Å²) in [5, 5.41) is 9.53. The highest BCUT2D eigenvalue weighted by Crippen LogP contribution is 2.04. The smallest absolute Gasteiger partial charge is 0.151 e. The van der Waals surface area contributed by atoms with Crippen molar-refractivity contribution in [1.82, 2.24) is 4.90 Å². The molecule has 0 aliphatic heterocycles. The van der Waals surface area contributed by atoms with Gasteiger partial charge in [-0.25, -0.2) is 4.39 Å². The van der Waals surface area contributed by atoms with Gasteiger partial charge in [0.1, 0.15) is 5.82 Å². The van der Waals surface area contributed by atoms with Crippen LogP contribution in [0.2, 0.25) is 0 Å². The molecule has 0 aromatic heterocycles. The number of hydrogen-bond donors (Lipinski definition) is 1. The average molecular weight is 269 g/mol. The van der Waals surface area contributed by atoms with Crippen LogP contribution in [0.4, 0.5) is 4.39 Å². The first kappa shape index (κ1) is 15.8. The standard InChI is InChI=1S/C14H20FNO3/c1-16(9-14(18)10-19-2)8-13(17)7-11-3-5-12(15)6-4-11/h3-6,14,18H,7-10H2,1-2H3. The Labute approximate surface area is 112 Å². The zero-order valence-corrected chi connectivity index (χ0v) is 11.3. The van der Waals surface area contributed by atoms with Crippen LogP contribution < -0.4 is 0 Å². The molecule has 1 atom stereocenters. The Morgan fingerprint density at radius 3 is 2.63 bits per heavy atom. The molecule has 0 heterocycles. The SMILES string of the molecule is COCC(O)CN(C)CC(=O)Cc1ccc(F)cc1. The molecule has 5 heteroatoms. The van der Waals surface area contributed by atoms with Gasteiger partial charge in [0.15, 0.2) is 5.78 Å². The first-order valence-electron chi connectivity index (χ1n) is 6.13. The van der Waals surface area contributed by atoms with Crippen molar-refractivity contribution >= 4 is 5.78 Å². The largest absolute Gasteiger partial charge is 0.389 e. The maximum absolute atomic E-state index is 12.7. The molecular formula is C14H20FNO3. The number of ketones is 1. The number of carbonyl (C=O) groups excluding carboxylic acids is 1. The predicted octanol–water partition coefficient (Wildman–Crippen LogP) is 0.876. The summed E-state index contributed by atoms with van der Waals surface area (Å²) in [7, 11) is 3.28. The Balaban J connectivity index is 2.36. The summed E-state index contributed by atoms with van der Waals surface area (Å²) in [4.78, 5) is 13.5. The van der Waals surface area contributed by atoms with Crippen LogP contribution in [-0.4, -0.2) is 55.7 Å². The summed E-state index contributed by atoms with van der Waals surface area (Å²) in [5.41, 5.74) is 0.789. The molecule has 0 aliphatic rings. The first-order chi connectivity index (χ1) is 9.01. The molecule has 1 aromatic rings. The Hall–Kier alpha value is -1.30. The molecule has 106 valence electrons. The molecule has 0 spiro atoms. The van der Waals surface area contributed by atoms with E-state index in [1.807, 2.05) is 0 Å². The number of carbonyl (C=O) groups is 1. The molecule has 1 rings (SSSR count). The monoisotopic (exact) mass is 269 g/mol. The minimum absolute atomic E-state index is 0.0266. The van der Waals surface area contributed by atoms with E-state index < -0.39 is 6.10 Å². The van der Waals surface area contributed by atoms with E-state index in [0.29, 0.717) is 6.54 Å². The summed E-state index contributed by atoms with van der Waals surface area (Å²) in [6, 6.07) is 5.89. The van der Waals surface area contributed by atoms with E-state index in [0.717, 1.165) is 5.56 Å². The predicted molar refractivity (Wildman–Crippen MR) is 70.5 cm³/mol. The van der Waals surface area contributed by atoms with E-state index >= 15 is 0 Å². The van der Waals surface area contributed by atoms with Crippen LogP contribution in [0.3, 0.4) is 0 Å². The summed E-state index contributed by atoms with van der Waals surface area (Å²) < 4.78 is 17.5. The van der Waals surface area contributed by atoms with E-state index in [9.17, 15) is 14.3 Å². The minimum atomic E-state index is -0.603. The van der Waals surface area contributed by atoms with E-state index in [4.69, 9.17) is 4.74 Å². The van der Waals surface area contributed by atoms with Crippen molar-refractivity contribution in [2.24, 2.45) is 0 Å². The van der Waals surface area contributed by atoms with Crippen molar-refractivity contribution < 1.29 is 19.0 Å². The van der Waals surface area contributed by atoms with Gasteiger partial charge >= 0.3 is 0 Å². The van der Waals surface area contributed by atoms with Crippen LogP contribution in [0.25, 0.3) is 0 Å². The molecular weight excluding hydrogens is 249 g/mol. The Bertz CT molecular complexity index is 394. The fourth-order valence-electron chi connectivity index (χ4n) is 1.86. The molecule has 1 unspecified atom stereocenters. The molecule has 0 radical (unpaired) electrons. The Morgan fingerprint density at radius 1 is 1.42 bits per heavy atom. The van der Waals surface area contributed by atoms with Crippen molar-refractivity contribution in [1.29, 1.82) is 0 Å². The quantitative estimate of drug-likeness (QED) is 0.761. The van der Waals surface area contributed by atoms with Crippen molar-refractivity contribution in [3.8, 4) is 0 Å². The molecule has 0 amide bonds. The average Bonchev–Trinajstić information content (AvgIpc) is 2.32. The summed E-state index contributed by atoms with van der Waals surface area (Å²) >= 11 is 0. The third kappa shape index (κ3) is 6.42. The van der Waals surface area contributed by atoms with Gasteiger partial charge in [-0.05, 0) is 24.7 Å². The van der Waals surface area contributed by atoms with Gasteiger partial charge in [-0.3, -0.25) is 9.69 Å². The van der Waals surface area contributed by atoms with E-state index in [-0.39, 0.29) is 31.2 Å². The van der Waals surface area contributed by atoms with Gasteiger partial charge in [-0.15, -0.1) is 0 Å². The highest BCUT2D eigenvalue weighted by Gasteiger charge is 2.12. The molecule has 1 aromatic carbocycles. The molecule has 0 bridgehead atoms. The zero-order valence-electron chi connectivity index (χ0n) is 11.3. The maximum atomic E-state index is 12.7. The van der Waals surface area contributed by atoms with Gasteiger partial charge in [0.2, 0.25) is 0 Å². The summed E-state index contributed by atoms with van der Waals surface area (Å²) in [6.07, 6.45) is -0.334. The number of aliphatic hydroxyl groups is 1. The van der Waals surface area contributed by atoms with E-state index in [2.05, 4.69) is 0 Å². The third-order valence-electron chi connectivity index (χ3n) is 2.64. The van der Waals surface area contributed by atoms with E-state index in [1.165, 1.54) is 19.2 Å². The molecule has 0 saturated heterocycles.